The molecule has 0 aliphatic carbocycles. The monoisotopic (exact) mass is 2000 g/mol. The molecular formula is C104H72N44S2. The van der Waals surface area contributed by atoms with E-state index >= 15 is 0 Å². The molecule has 0 amide bonds. The molecule has 0 bridgehead atoms. The minimum absolute atomic E-state index is 0.0374. The van der Waals surface area contributed by atoms with Crippen LogP contribution in [0.3, 0.4) is 0 Å². The number of pyridine rings is 2. The van der Waals surface area contributed by atoms with Crippen LogP contribution in [0.15, 0.2) is 372 Å². The molecule has 44 nitrogen and oxygen atoms in total. The van der Waals surface area contributed by atoms with Crippen LogP contribution in [0.2, 0.25) is 0 Å². The number of rotatable bonds is 26. The second-order valence-corrected chi connectivity index (χ2v) is 31.1. The van der Waals surface area contributed by atoms with Crippen LogP contribution in [0, 0.1) is 150 Å². The Bertz CT molecular complexity index is 8040. The lowest BCUT2D eigenvalue weighted by molar-refractivity contribution is 1.03. The second kappa shape index (κ2) is 57.3. The molecule has 0 saturated carbocycles. The predicted octanol–water partition coefficient (Wildman–Crippen LogP) is 15.1. The summed E-state index contributed by atoms with van der Waals surface area (Å²) in [5.74, 6) is 1.49. The van der Waals surface area contributed by atoms with E-state index in [-0.39, 0.29) is 80.0 Å². The van der Waals surface area contributed by atoms with Crippen LogP contribution >= 0.6 is 22.7 Å². The maximum Gasteiger partial charge on any atom is 0.178 e. The lowest BCUT2D eigenvalue weighted by Crippen LogP contribution is -2.09. The molecule has 46 heteroatoms. The van der Waals surface area contributed by atoms with E-state index in [1.165, 1.54) is 121 Å². The smallest absolute Gasteiger partial charge is 0.178 e. The van der Waals surface area contributed by atoms with Crippen molar-refractivity contribution in [2.45, 2.75) is 13.8 Å². The number of H-pyrrole nitrogens is 2. The minimum Gasteiger partial charge on any atom is -0.377 e. The largest absolute Gasteiger partial charge is 0.377 e. The van der Waals surface area contributed by atoms with Crippen LogP contribution in [0.5, 0.6) is 0 Å². The first kappa shape index (κ1) is 107. The molecule has 0 aliphatic rings. The topological polar surface area (TPSA) is 662 Å². The third-order valence-corrected chi connectivity index (χ3v) is 20.2. The molecule has 0 saturated heterocycles. The molecule has 0 fully saturated rings. The van der Waals surface area contributed by atoms with Crippen molar-refractivity contribution in [1.82, 2.24) is 89.3 Å². The first-order chi connectivity index (χ1) is 73.3. The fraction of sp³-hybridized carbons (Fsp3) is 0.0577. The SMILES string of the molecule is CN(C)c1ccc(C=N/C(C#N)=C(\C#N)N=Cc2ccc(N(C)C)c3ccccc23)c2ccccc12.Cc1cnc(C=N/C(C#N)=C(\C#N)N=Cc2ncc(C)[nH]2)[nH]1.N#C/C(N=Cc1ccc2ccccc2n1)=C(/C#N)N=Cc1ccc2ccccc2n1.N#C/C(N=Cc1ncncn1)=C(/C#N)N=Cc1ncncn1.N#C/C(N=Cc1nncs1)=C(/C#N)N=Cc1nncs1.N#C/C(N=Cn1cccc1)=C(/C#N)N=Cn1cccc1. The number of aryl methyl sites for hydroxylation is 2. The maximum atomic E-state index is 9.74. The zero-order valence-corrected chi connectivity index (χ0v) is 81.3. The summed E-state index contributed by atoms with van der Waals surface area (Å²) in [7, 11) is 8.00. The summed E-state index contributed by atoms with van der Waals surface area (Å²) < 4.78 is 3.34. The number of para-hydroxylation sites is 2. The van der Waals surface area contributed by atoms with Gasteiger partial charge in [0.15, 0.2) is 90.0 Å². The molecule has 10 aromatic heterocycles. The number of fused-ring (bicyclic) bond motifs is 4. The van der Waals surface area contributed by atoms with Crippen LogP contribution in [0.25, 0.3) is 43.4 Å². The van der Waals surface area contributed by atoms with Gasteiger partial charge in [0, 0.05) is 133 Å². The van der Waals surface area contributed by atoms with Crippen molar-refractivity contribution in [3.63, 3.8) is 0 Å². The number of imidazole rings is 2. The summed E-state index contributed by atoms with van der Waals surface area (Å²) in [4.78, 5) is 97.8. The third-order valence-electron chi connectivity index (χ3n) is 19.0. The van der Waals surface area contributed by atoms with E-state index in [2.05, 4.69) is 162 Å². The van der Waals surface area contributed by atoms with Crippen molar-refractivity contribution < 1.29 is 0 Å². The minimum atomic E-state index is -0.187. The lowest BCUT2D eigenvalue weighted by atomic mass is 10.0. The molecule has 720 valence electrons. The van der Waals surface area contributed by atoms with Gasteiger partial charge in [-0.25, -0.2) is 110 Å². The van der Waals surface area contributed by atoms with Crippen LogP contribution in [-0.4, -0.2) is 192 Å². The van der Waals surface area contributed by atoms with Gasteiger partial charge in [0.2, 0.25) is 0 Å². The third kappa shape index (κ3) is 32.4. The van der Waals surface area contributed by atoms with Crippen molar-refractivity contribution in [1.29, 1.82) is 63.1 Å². The molecule has 0 aliphatic heterocycles. The lowest BCUT2D eigenvalue weighted by Gasteiger charge is -2.16. The Morgan fingerprint density at radius 3 is 0.907 bits per heavy atom. The van der Waals surface area contributed by atoms with E-state index in [0.717, 1.165) is 77.2 Å². The first-order valence-electron chi connectivity index (χ1n) is 43.2. The van der Waals surface area contributed by atoms with E-state index in [0.29, 0.717) is 33.1 Å². The first-order valence-corrected chi connectivity index (χ1v) is 45.0. The highest BCUT2D eigenvalue weighted by Gasteiger charge is 2.15. The average molecular weight is 2000 g/mol. The number of hydrogen-bond acceptors (Lipinski definition) is 42. The maximum absolute atomic E-state index is 9.74. The van der Waals surface area contributed by atoms with Gasteiger partial charge in [-0.2, -0.15) is 63.1 Å². The quantitative estimate of drug-likeness (QED) is 0.0289. The van der Waals surface area contributed by atoms with Gasteiger partial charge in [-0.05, 0) is 85.3 Å². The second-order valence-electron chi connectivity index (χ2n) is 29.4. The number of nitriles is 12. The molecule has 0 unspecified atom stereocenters. The zero-order valence-electron chi connectivity index (χ0n) is 79.6. The van der Waals surface area contributed by atoms with Gasteiger partial charge in [-0.15, -0.1) is 20.4 Å². The number of hydrogen-bond donors (Lipinski definition) is 2. The van der Waals surface area contributed by atoms with E-state index in [4.69, 9.17) is 42.1 Å². The average Bonchev–Trinajstić information content (AvgIpc) is 1.36. The molecule has 150 heavy (non-hydrogen) atoms. The van der Waals surface area contributed by atoms with Gasteiger partial charge in [-0.1, -0.05) is 132 Å². The molecular weight excluding hydrogens is 1930 g/mol. The molecule has 16 aromatic rings. The predicted molar refractivity (Wildman–Crippen MR) is 568 cm³/mol. The number of nitrogens with zero attached hydrogens (tertiary/aromatic N) is 42. The molecule has 6 aromatic carbocycles. The molecule has 10 heterocycles. The Hall–Kier alpha value is -23.3. The summed E-state index contributed by atoms with van der Waals surface area (Å²) in [6.07, 6.45) is 32.5. The Kier molecular flexibility index (Phi) is 41.0. The Labute approximate surface area is 863 Å². The number of nitrogens with one attached hydrogen (secondary N) is 2. The summed E-state index contributed by atoms with van der Waals surface area (Å²) in [6.45, 7) is 3.70. The van der Waals surface area contributed by atoms with E-state index in [1.54, 1.807) is 83.0 Å². The Morgan fingerprint density at radius 2 is 0.600 bits per heavy atom. The highest BCUT2D eigenvalue weighted by molar-refractivity contribution is 7.11. The fourth-order valence-electron chi connectivity index (χ4n) is 12.1. The summed E-state index contributed by atoms with van der Waals surface area (Å²) >= 11 is 2.53. The van der Waals surface area contributed by atoms with Crippen molar-refractivity contribution in [2.24, 2.45) is 59.9 Å². The molecule has 0 atom stereocenters. The van der Waals surface area contributed by atoms with Gasteiger partial charge < -0.3 is 28.9 Å². The van der Waals surface area contributed by atoms with Crippen LogP contribution < -0.4 is 9.80 Å². The highest BCUT2D eigenvalue weighted by Crippen LogP contribution is 2.31. The van der Waals surface area contributed by atoms with Crippen molar-refractivity contribution >= 4 is 152 Å². The number of anilines is 2. The van der Waals surface area contributed by atoms with E-state index in [9.17, 15) is 21.0 Å². The van der Waals surface area contributed by atoms with Gasteiger partial charge in [-0.3, -0.25) is 0 Å². The van der Waals surface area contributed by atoms with Gasteiger partial charge in [0.1, 0.15) is 133 Å². The number of allylic oxidation sites excluding steroid dienone is 12. The Morgan fingerprint density at radius 1 is 0.307 bits per heavy atom. The van der Waals surface area contributed by atoms with Crippen molar-refractivity contribution in [3.05, 3.63) is 379 Å². The summed E-state index contributed by atoms with van der Waals surface area (Å²) in [5.41, 5.74) is 10.4. The number of aliphatic imine (C=N–C) groups is 12. The van der Waals surface area contributed by atoms with Gasteiger partial charge in [0.25, 0.3) is 0 Å². The van der Waals surface area contributed by atoms with Crippen molar-refractivity contribution in [3.8, 4) is 72.8 Å². The van der Waals surface area contributed by atoms with Gasteiger partial charge in [0.05, 0.1) is 72.1 Å². The van der Waals surface area contributed by atoms with E-state index in [1.807, 2.05) is 248 Å². The Balaban J connectivity index is 0.000000173. The van der Waals surface area contributed by atoms with Crippen LogP contribution in [-0.2, 0) is 0 Å². The fourth-order valence-corrected chi connectivity index (χ4v) is 12.9. The van der Waals surface area contributed by atoms with Crippen molar-refractivity contribution in [2.75, 3.05) is 38.0 Å². The summed E-state index contributed by atoms with van der Waals surface area (Å²) in [6, 6.07) is 76.7. The zero-order chi connectivity index (χ0) is 106. The van der Waals surface area contributed by atoms with E-state index < -0.39 is 0 Å². The van der Waals surface area contributed by atoms with Crippen LogP contribution in [0.4, 0.5) is 11.4 Å². The van der Waals surface area contributed by atoms with Crippen LogP contribution in [0.1, 0.15) is 67.2 Å². The number of benzene rings is 6. The van der Waals surface area contributed by atoms with Gasteiger partial charge >= 0.3 is 0 Å². The molecule has 16 rings (SSSR count). The molecule has 0 spiro atoms. The summed E-state index contributed by atoms with van der Waals surface area (Å²) in [5, 5.41) is 133. The highest BCUT2D eigenvalue weighted by atomic mass is 32.1. The standard InChI is InChI=1S/C30H26N6.C24H14N6.C14H12N8.C14H10N6.C12H6N10.C10H4N8S2/c1-35(2)29-15-13-21(23-9-5-7-11-25(23)29)19-33-27(17-31)28(18-32)34-20-22-14-16-30(36(3)4)26-12-8-6-10-24(22)26;25-13-23(27-15-19-11-9-17-5-1-3-7-21(17)29-19)24(14-26)28-16-20-12-10-18-6-2-4-8-22(18)30-20;1-9-5-19-13(21-9)7-17-11(3-15)12(4-16)18-8-14-20-6-10(2)22-14;15-9-13(17-11-19-5-1-2-6-19)14(10-16)18-12-20-7-3-4-8-20;13-1-9(17-3-11-19-5-15-6-20-11)10(2-14)18-4-12-21-7-16-8-22-12;11-1-7(13-3-9-17-15-5-19-9)8(2-12)14-4-10-18-16-6-20-10/h5-16,19-20H,1-4H3;1-12,15-16H;5-8H,1-2H3,(H,19,21)(H,20,22);1-8,11-12H;3-8H;3-6H/b28-27+,33-19?,34-20?;24-23+,27-15?,28-16?;12-11+,17-7?,18-8?;14-13+,17-11?,18-12?;10-9+,17-3?,18-4?;8-7+,13-3?,14-4?. The number of aromatic amines is 2. The molecule has 0 radical (unpaired) electrons. The number of aromatic nitrogens is 18. The molecule has 2 N–H and O–H groups in total. The normalized spacial score (nSPS) is 12.2.